The van der Waals surface area contributed by atoms with Gasteiger partial charge in [0.2, 0.25) is 0 Å². The Morgan fingerprint density at radius 3 is 2.25 bits per heavy atom. The van der Waals surface area contributed by atoms with E-state index in [0.29, 0.717) is 18.4 Å². The monoisotopic (exact) mass is 116 g/mol. The Bertz CT molecular complexity index is 72.6. The Kier molecular flexibility index (Phi) is 1.54. The summed E-state index contributed by atoms with van der Waals surface area (Å²) >= 11 is 0. The van der Waals surface area contributed by atoms with Gasteiger partial charge in [0.1, 0.15) is 0 Å². The number of hydrogen-bond acceptors (Lipinski definition) is 2. The van der Waals surface area contributed by atoms with Gasteiger partial charge in [-0.1, -0.05) is 13.8 Å². The zero-order chi connectivity index (χ0) is 6.15. The van der Waals surface area contributed by atoms with E-state index >= 15 is 0 Å². The Balaban J connectivity index is 2.44. The summed E-state index contributed by atoms with van der Waals surface area (Å²) in [4.78, 5) is 0. The molecule has 0 saturated carbocycles. The highest BCUT2D eigenvalue weighted by Crippen LogP contribution is 2.23. The first-order valence-corrected chi connectivity index (χ1v) is 3.01. The number of aliphatic hydroxyl groups is 1. The Morgan fingerprint density at radius 2 is 2.12 bits per heavy atom. The first kappa shape index (κ1) is 6.05. The van der Waals surface area contributed by atoms with Gasteiger partial charge in [0.25, 0.3) is 0 Å². The van der Waals surface area contributed by atoms with Gasteiger partial charge in [-0.05, 0) is 5.92 Å². The third-order valence-corrected chi connectivity index (χ3v) is 1.88. The van der Waals surface area contributed by atoms with E-state index in [-0.39, 0.29) is 0 Å². The Labute approximate surface area is 49.5 Å². The largest absolute Gasteiger partial charge is 0.368 e. The lowest BCUT2D eigenvalue weighted by atomic mass is 10.00. The number of aliphatic hydroxyl groups excluding tert-OH is 1. The highest BCUT2D eigenvalue weighted by Gasteiger charge is 2.28. The van der Waals surface area contributed by atoms with E-state index in [0.717, 1.165) is 0 Å². The topological polar surface area (TPSA) is 29.5 Å². The normalized spacial score (nSPS) is 47.6. The van der Waals surface area contributed by atoms with Crippen molar-refractivity contribution in [1.29, 1.82) is 0 Å². The molecule has 0 radical (unpaired) electrons. The molecule has 48 valence electrons. The average molecular weight is 116 g/mol. The van der Waals surface area contributed by atoms with Crippen molar-refractivity contribution in [3.8, 4) is 0 Å². The van der Waals surface area contributed by atoms with Crippen molar-refractivity contribution in [2.24, 2.45) is 11.8 Å². The van der Waals surface area contributed by atoms with Gasteiger partial charge in [-0.25, -0.2) is 0 Å². The molecule has 2 nitrogen and oxygen atoms in total. The van der Waals surface area contributed by atoms with Crippen molar-refractivity contribution in [1.82, 2.24) is 0 Å². The van der Waals surface area contributed by atoms with Crippen molar-refractivity contribution in [2.75, 3.05) is 6.61 Å². The van der Waals surface area contributed by atoms with Crippen LogP contribution in [0, 0.1) is 11.8 Å². The molecule has 0 aromatic rings. The van der Waals surface area contributed by atoms with Gasteiger partial charge < -0.3 is 9.84 Å². The standard InChI is InChI=1S/C6H12O2/c1-4-3-8-6(7)5(4)2/h4-7H,3H2,1-2H3/t4-,5-,6-/m1/s1. The predicted octanol–water partition coefficient (Wildman–Crippen LogP) is 0.607. The molecule has 1 fully saturated rings. The second kappa shape index (κ2) is 2.03. The maximum absolute atomic E-state index is 8.95. The molecule has 1 saturated heterocycles. The molecule has 0 amide bonds. The van der Waals surface area contributed by atoms with Crippen LogP contribution in [0.15, 0.2) is 0 Å². The smallest absolute Gasteiger partial charge is 0.157 e. The van der Waals surface area contributed by atoms with Gasteiger partial charge in [-0.15, -0.1) is 0 Å². The summed E-state index contributed by atoms with van der Waals surface area (Å²) < 4.78 is 4.93. The lowest BCUT2D eigenvalue weighted by Gasteiger charge is -2.07. The van der Waals surface area contributed by atoms with Crippen LogP contribution in [0.3, 0.4) is 0 Å². The van der Waals surface area contributed by atoms with Gasteiger partial charge in [0.15, 0.2) is 6.29 Å². The van der Waals surface area contributed by atoms with Crippen LogP contribution in [0.1, 0.15) is 13.8 Å². The highest BCUT2D eigenvalue weighted by atomic mass is 16.6. The zero-order valence-electron chi connectivity index (χ0n) is 5.29. The summed E-state index contributed by atoms with van der Waals surface area (Å²) in [7, 11) is 0. The number of hydrogen-bond donors (Lipinski definition) is 1. The molecule has 1 aliphatic heterocycles. The van der Waals surface area contributed by atoms with E-state index in [1.165, 1.54) is 0 Å². The van der Waals surface area contributed by atoms with Crippen LogP contribution < -0.4 is 0 Å². The molecule has 0 spiro atoms. The maximum atomic E-state index is 8.95. The fourth-order valence-electron chi connectivity index (χ4n) is 0.835. The molecule has 2 heteroatoms. The first-order valence-electron chi connectivity index (χ1n) is 3.01. The van der Waals surface area contributed by atoms with Crippen molar-refractivity contribution in [3.63, 3.8) is 0 Å². The molecular weight excluding hydrogens is 104 g/mol. The van der Waals surface area contributed by atoms with Crippen LogP contribution in [0.4, 0.5) is 0 Å². The second-order valence-electron chi connectivity index (χ2n) is 2.56. The van der Waals surface area contributed by atoms with E-state index in [2.05, 4.69) is 6.92 Å². The second-order valence-corrected chi connectivity index (χ2v) is 2.56. The predicted molar refractivity (Wildman–Crippen MR) is 30.3 cm³/mol. The molecule has 1 N–H and O–H groups in total. The molecule has 1 aliphatic rings. The maximum Gasteiger partial charge on any atom is 0.157 e. The Hall–Kier alpha value is -0.0800. The summed E-state index contributed by atoms with van der Waals surface area (Å²) in [6, 6.07) is 0. The molecule has 8 heavy (non-hydrogen) atoms. The minimum Gasteiger partial charge on any atom is -0.368 e. The van der Waals surface area contributed by atoms with Crippen LogP contribution in [0.2, 0.25) is 0 Å². The van der Waals surface area contributed by atoms with Crippen LogP contribution in [-0.4, -0.2) is 18.0 Å². The summed E-state index contributed by atoms with van der Waals surface area (Å²) in [6.07, 6.45) is -0.509. The Morgan fingerprint density at radius 1 is 1.50 bits per heavy atom. The van der Waals surface area contributed by atoms with Crippen LogP contribution in [0.25, 0.3) is 0 Å². The van der Waals surface area contributed by atoms with E-state index in [4.69, 9.17) is 9.84 Å². The van der Waals surface area contributed by atoms with Crippen LogP contribution in [-0.2, 0) is 4.74 Å². The third-order valence-electron chi connectivity index (χ3n) is 1.88. The lowest BCUT2D eigenvalue weighted by Crippen LogP contribution is -2.14. The van der Waals surface area contributed by atoms with Crippen molar-refractivity contribution in [3.05, 3.63) is 0 Å². The first-order chi connectivity index (χ1) is 3.72. The molecule has 1 rings (SSSR count). The fourth-order valence-corrected chi connectivity index (χ4v) is 0.835. The van der Waals surface area contributed by atoms with Gasteiger partial charge in [0.05, 0.1) is 6.61 Å². The average Bonchev–Trinajstić information content (AvgIpc) is 1.98. The molecular formula is C6H12O2. The molecule has 0 aromatic heterocycles. The molecule has 3 atom stereocenters. The molecule has 0 unspecified atom stereocenters. The van der Waals surface area contributed by atoms with E-state index in [1.807, 2.05) is 6.92 Å². The van der Waals surface area contributed by atoms with Gasteiger partial charge in [0, 0.05) is 5.92 Å². The van der Waals surface area contributed by atoms with Gasteiger partial charge >= 0.3 is 0 Å². The fraction of sp³-hybridized carbons (Fsp3) is 1.00. The van der Waals surface area contributed by atoms with Gasteiger partial charge in [-0.2, -0.15) is 0 Å². The van der Waals surface area contributed by atoms with Crippen LogP contribution >= 0.6 is 0 Å². The zero-order valence-corrected chi connectivity index (χ0v) is 5.29. The highest BCUT2D eigenvalue weighted by molar-refractivity contribution is 4.69. The van der Waals surface area contributed by atoms with E-state index < -0.39 is 6.29 Å². The van der Waals surface area contributed by atoms with E-state index in [9.17, 15) is 0 Å². The summed E-state index contributed by atoms with van der Waals surface area (Å²) in [6.45, 7) is 4.80. The van der Waals surface area contributed by atoms with Crippen molar-refractivity contribution >= 4 is 0 Å². The van der Waals surface area contributed by atoms with E-state index in [1.54, 1.807) is 0 Å². The summed E-state index contributed by atoms with van der Waals surface area (Å²) in [5.74, 6) is 0.833. The molecule has 1 heterocycles. The number of ether oxygens (including phenoxy) is 1. The quantitative estimate of drug-likeness (QED) is 0.502. The lowest BCUT2D eigenvalue weighted by molar-refractivity contribution is -0.0786. The SMILES string of the molecule is C[C@@H]1[C@H](C)CO[C@H]1O. The molecule has 0 aliphatic carbocycles. The molecule has 0 aromatic carbocycles. The van der Waals surface area contributed by atoms with Gasteiger partial charge in [-0.3, -0.25) is 0 Å². The number of rotatable bonds is 0. The summed E-state index contributed by atoms with van der Waals surface area (Å²) in [5.41, 5.74) is 0. The van der Waals surface area contributed by atoms with Crippen molar-refractivity contribution < 1.29 is 9.84 Å². The van der Waals surface area contributed by atoms with Crippen molar-refractivity contribution in [2.45, 2.75) is 20.1 Å². The van der Waals surface area contributed by atoms with Crippen LogP contribution in [0.5, 0.6) is 0 Å². The minimum atomic E-state index is -0.509. The summed E-state index contributed by atoms with van der Waals surface area (Å²) in [5, 5.41) is 8.95. The minimum absolute atomic E-state index is 0.315. The third kappa shape index (κ3) is 0.858. The molecule has 0 bridgehead atoms.